The number of benzene rings is 1. The second-order valence-corrected chi connectivity index (χ2v) is 6.09. The van der Waals surface area contributed by atoms with Crippen molar-refractivity contribution in [2.45, 2.75) is 45.3 Å². The molecule has 0 fully saturated rings. The molecular formula is C19H21NO4. The number of nitrogens with one attached hydrogen (secondary N) is 1. The van der Waals surface area contributed by atoms with Gasteiger partial charge in [0.25, 0.3) is 5.91 Å². The summed E-state index contributed by atoms with van der Waals surface area (Å²) in [7, 11) is 0. The Morgan fingerprint density at radius 1 is 1.29 bits per heavy atom. The van der Waals surface area contributed by atoms with E-state index in [1.54, 1.807) is 19.9 Å². The SMILES string of the molecule is Cc1occc1C(=O)O[C@H](C)C(=O)N[C@@H]1CCCc2ccccc21. The van der Waals surface area contributed by atoms with Gasteiger partial charge in [-0.3, -0.25) is 4.79 Å². The lowest BCUT2D eigenvalue weighted by molar-refractivity contribution is -0.130. The van der Waals surface area contributed by atoms with Crippen LogP contribution in [0.15, 0.2) is 41.0 Å². The van der Waals surface area contributed by atoms with Crippen molar-refractivity contribution in [1.29, 1.82) is 0 Å². The minimum atomic E-state index is -0.860. The summed E-state index contributed by atoms with van der Waals surface area (Å²) >= 11 is 0. The highest BCUT2D eigenvalue weighted by Crippen LogP contribution is 2.29. The van der Waals surface area contributed by atoms with Crippen LogP contribution >= 0.6 is 0 Å². The van der Waals surface area contributed by atoms with E-state index in [2.05, 4.69) is 11.4 Å². The third kappa shape index (κ3) is 3.35. The normalized spacial score (nSPS) is 17.7. The fourth-order valence-electron chi connectivity index (χ4n) is 3.07. The maximum atomic E-state index is 12.4. The summed E-state index contributed by atoms with van der Waals surface area (Å²) in [4.78, 5) is 24.5. The maximum Gasteiger partial charge on any atom is 0.342 e. The highest BCUT2D eigenvalue weighted by Gasteiger charge is 2.26. The Bertz CT molecular complexity index is 749. The summed E-state index contributed by atoms with van der Waals surface area (Å²) in [5.74, 6) is -0.354. The molecule has 1 heterocycles. The van der Waals surface area contributed by atoms with Gasteiger partial charge in [-0.2, -0.15) is 0 Å². The predicted molar refractivity (Wildman–Crippen MR) is 88.6 cm³/mol. The number of esters is 1. The highest BCUT2D eigenvalue weighted by molar-refractivity contribution is 5.93. The van der Waals surface area contributed by atoms with Crippen LogP contribution in [0.1, 0.15) is 53.1 Å². The summed E-state index contributed by atoms with van der Waals surface area (Å²) < 4.78 is 10.3. The monoisotopic (exact) mass is 327 g/mol. The molecule has 1 amide bonds. The number of aryl methyl sites for hydroxylation is 2. The first-order chi connectivity index (χ1) is 11.6. The van der Waals surface area contributed by atoms with Crippen molar-refractivity contribution < 1.29 is 18.7 Å². The molecule has 0 bridgehead atoms. The largest absolute Gasteiger partial charge is 0.469 e. The van der Waals surface area contributed by atoms with Crippen molar-refractivity contribution in [3.05, 3.63) is 59.0 Å². The van der Waals surface area contributed by atoms with Crippen molar-refractivity contribution in [2.24, 2.45) is 0 Å². The standard InChI is InChI=1S/C19H21NO4/c1-12-15(10-11-23-12)19(22)24-13(2)18(21)20-17-9-5-7-14-6-3-4-8-16(14)17/h3-4,6,8,10-11,13,17H,5,7,9H2,1-2H3,(H,20,21)/t13-,17-/m1/s1. The molecule has 1 aromatic heterocycles. The van der Waals surface area contributed by atoms with Crippen molar-refractivity contribution in [3.8, 4) is 0 Å². The fourth-order valence-corrected chi connectivity index (χ4v) is 3.07. The zero-order valence-corrected chi connectivity index (χ0v) is 13.9. The van der Waals surface area contributed by atoms with Gasteiger partial charge in [0.2, 0.25) is 0 Å². The summed E-state index contributed by atoms with van der Waals surface area (Å²) in [5, 5.41) is 3.00. The molecule has 126 valence electrons. The Labute approximate surface area is 141 Å². The number of rotatable bonds is 4. The first-order valence-electron chi connectivity index (χ1n) is 8.19. The number of amides is 1. The van der Waals surface area contributed by atoms with E-state index in [9.17, 15) is 9.59 Å². The minimum Gasteiger partial charge on any atom is -0.469 e. The third-order valence-electron chi connectivity index (χ3n) is 4.42. The Hall–Kier alpha value is -2.56. The van der Waals surface area contributed by atoms with Gasteiger partial charge in [-0.25, -0.2) is 4.79 Å². The van der Waals surface area contributed by atoms with Crippen LogP contribution in [-0.2, 0) is 16.0 Å². The number of hydrogen-bond donors (Lipinski definition) is 1. The lowest BCUT2D eigenvalue weighted by Gasteiger charge is -2.27. The molecule has 0 saturated heterocycles. The van der Waals surface area contributed by atoms with E-state index in [1.807, 2.05) is 18.2 Å². The van der Waals surface area contributed by atoms with E-state index in [1.165, 1.54) is 11.8 Å². The Morgan fingerprint density at radius 2 is 2.08 bits per heavy atom. The van der Waals surface area contributed by atoms with Crippen LogP contribution < -0.4 is 5.32 Å². The van der Waals surface area contributed by atoms with E-state index >= 15 is 0 Å². The van der Waals surface area contributed by atoms with Crippen molar-refractivity contribution in [3.63, 3.8) is 0 Å². The number of ether oxygens (including phenoxy) is 1. The van der Waals surface area contributed by atoms with Crippen molar-refractivity contribution in [1.82, 2.24) is 5.32 Å². The molecule has 2 atom stereocenters. The zero-order chi connectivity index (χ0) is 17.1. The van der Waals surface area contributed by atoms with E-state index in [4.69, 9.17) is 9.15 Å². The number of fused-ring (bicyclic) bond motifs is 1. The van der Waals surface area contributed by atoms with Crippen LogP contribution in [-0.4, -0.2) is 18.0 Å². The molecular weight excluding hydrogens is 306 g/mol. The molecule has 24 heavy (non-hydrogen) atoms. The predicted octanol–water partition coefficient (Wildman–Crippen LogP) is 3.33. The van der Waals surface area contributed by atoms with Gasteiger partial charge in [-0.1, -0.05) is 24.3 Å². The van der Waals surface area contributed by atoms with Crippen molar-refractivity contribution in [2.75, 3.05) is 0 Å². The maximum absolute atomic E-state index is 12.4. The molecule has 0 radical (unpaired) electrons. The van der Waals surface area contributed by atoms with Gasteiger partial charge in [-0.05, 0) is 50.3 Å². The van der Waals surface area contributed by atoms with Crippen LogP contribution in [0.4, 0.5) is 0 Å². The lowest BCUT2D eigenvalue weighted by Crippen LogP contribution is -2.39. The van der Waals surface area contributed by atoms with Gasteiger partial charge in [0, 0.05) is 0 Å². The molecule has 1 aliphatic carbocycles. The third-order valence-corrected chi connectivity index (χ3v) is 4.42. The van der Waals surface area contributed by atoms with E-state index in [0.717, 1.165) is 24.8 Å². The molecule has 0 spiro atoms. The van der Waals surface area contributed by atoms with Crippen LogP contribution in [0.5, 0.6) is 0 Å². The quantitative estimate of drug-likeness (QED) is 0.875. The summed E-state index contributed by atoms with van der Waals surface area (Å²) in [6, 6.07) is 9.65. The van der Waals surface area contributed by atoms with Crippen LogP contribution in [0.2, 0.25) is 0 Å². The first kappa shape index (κ1) is 16.3. The smallest absolute Gasteiger partial charge is 0.342 e. The summed E-state index contributed by atoms with van der Waals surface area (Å²) in [6.07, 6.45) is 3.53. The average molecular weight is 327 g/mol. The molecule has 5 nitrogen and oxygen atoms in total. The molecule has 2 aromatic rings. The highest BCUT2D eigenvalue weighted by atomic mass is 16.5. The summed E-state index contributed by atoms with van der Waals surface area (Å²) in [6.45, 7) is 3.26. The zero-order valence-electron chi connectivity index (χ0n) is 13.9. The molecule has 1 aliphatic rings. The van der Waals surface area contributed by atoms with Crippen LogP contribution in [0, 0.1) is 6.92 Å². The number of furan rings is 1. The second-order valence-electron chi connectivity index (χ2n) is 6.09. The number of carbonyl (C=O) groups is 2. The lowest BCUT2D eigenvalue weighted by atomic mass is 9.87. The molecule has 0 aliphatic heterocycles. The van der Waals surface area contributed by atoms with Crippen LogP contribution in [0.3, 0.4) is 0 Å². The Kier molecular flexibility index (Phi) is 4.69. The van der Waals surface area contributed by atoms with Gasteiger partial charge in [0.05, 0.1) is 12.3 Å². The van der Waals surface area contributed by atoms with Crippen molar-refractivity contribution >= 4 is 11.9 Å². The Balaban J connectivity index is 1.63. The average Bonchev–Trinajstić information content (AvgIpc) is 3.01. The molecule has 1 aromatic carbocycles. The van der Waals surface area contributed by atoms with E-state index in [0.29, 0.717) is 11.3 Å². The fraction of sp³-hybridized carbons (Fsp3) is 0.368. The van der Waals surface area contributed by atoms with E-state index in [-0.39, 0.29) is 11.9 Å². The topological polar surface area (TPSA) is 68.5 Å². The summed E-state index contributed by atoms with van der Waals surface area (Å²) in [5.41, 5.74) is 2.77. The molecule has 3 rings (SSSR count). The number of hydrogen-bond acceptors (Lipinski definition) is 4. The number of carbonyl (C=O) groups excluding carboxylic acids is 2. The van der Waals surface area contributed by atoms with Gasteiger partial charge < -0.3 is 14.5 Å². The van der Waals surface area contributed by atoms with E-state index < -0.39 is 12.1 Å². The second kappa shape index (κ2) is 6.91. The molecule has 0 saturated carbocycles. The van der Waals surface area contributed by atoms with Gasteiger partial charge in [-0.15, -0.1) is 0 Å². The molecule has 0 unspecified atom stereocenters. The van der Waals surface area contributed by atoms with Gasteiger partial charge in [0.15, 0.2) is 6.10 Å². The van der Waals surface area contributed by atoms with Gasteiger partial charge >= 0.3 is 5.97 Å². The first-order valence-corrected chi connectivity index (χ1v) is 8.19. The molecule has 1 N–H and O–H groups in total. The molecule has 5 heteroatoms. The van der Waals surface area contributed by atoms with Gasteiger partial charge in [0.1, 0.15) is 11.3 Å². The Morgan fingerprint density at radius 3 is 2.83 bits per heavy atom. The minimum absolute atomic E-state index is 0.0285. The van der Waals surface area contributed by atoms with Crippen LogP contribution in [0.25, 0.3) is 0 Å².